The number of benzene rings is 3. The summed E-state index contributed by atoms with van der Waals surface area (Å²) in [4.78, 5) is 12.9. The van der Waals surface area contributed by atoms with Gasteiger partial charge in [0.05, 0.1) is 26.4 Å². The number of aryl methyl sites for hydroxylation is 2. The number of nitrogens with one attached hydrogen (secondary N) is 2. The number of hydrogen-bond donors (Lipinski definition) is 2. The van der Waals surface area contributed by atoms with E-state index in [2.05, 4.69) is 10.0 Å². The lowest BCUT2D eigenvalue weighted by Gasteiger charge is -2.30. The van der Waals surface area contributed by atoms with Gasteiger partial charge in [-0.2, -0.15) is 0 Å². The molecule has 208 valence electrons. The van der Waals surface area contributed by atoms with Crippen LogP contribution in [-0.2, 0) is 30.6 Å². The Hall–Kier alpha value is -2.63. The van der Waals surface area contributed by atoms with Gasteiger partial charge in [0.2, 0.25) is 15.9 Å². The Bertz CT molecular complexity index is 1590. The highest BCUT2D eigenvalue weighted by Gasteiger charge is 2.31. The number of hydrogen-bond acceptors (Lipinski definition) is 5. The highest BCUT2D eigenvalue weighted by atomic mass is 35.5. The van der Waals surface area contributed by atoms with Crippen LogP contribution in [0.2, 0.25) is 10.0 Å². The van der Waals surface area contributed by atoms with Crippen LogP contribution in [0.1, 0.15) is 29.5 Å². The third-order valence-corrected chi connectivity index (χ3v) is 10.6. The smallest absolute Gasteiger partial charge is 0.261 e. The summed E-state index contributed by atoms with van der Waals surface area (Å²) in [5.74, 6) is -0.800. The summed E-state index contributed by atoms with van der Waals surface area (Å²) in [5, 5.41) is 3.46. The maximum absolute atomic E-state index is 12.9. The van der Waals surface area contributed by atoms with Crippen molar-refractivity contribution in [1.82, 2.24) is 4.31 Å². The lowest BCUT2D eigenvalue weighted by Crippen LogP contribution is -2.41. The zero-order chi connectivity index (χ0) is 28.4. The summed E-state index contributed by atoms with van der Waals surface area (Å²) in [6.07, 6.45) is 0.747. The summed E-state index contributed by atoms with van der Waals surface area (Å²) >= 11 is 11.9. The van der Waals surface area contributed by atoms with E-state index in [1.54, 1.807) is 18.2 Å². The molecule has 0 aliphatic carbocycles. The number of nitrogens with zero attached hydrogens (tertiary/aromatic N) is 1. The molecule has 39 heavy (non-hydrogen) atoms. The van der Waals surface area contributed by atoms with Gasteiger partial charge in [0.1, 0.15) is 0 Å². The van der Waals surface area contributed by atoms with Crippen LogP contribution in [0.4, 0.5) is 11.4 Å². The van der Waals surface area contributed by atoms with Gasteiger partial charge in [-0.1, -0.05) is 47.0 Å². The van der Waals surface area contributed by atoms with E-state index < -0.39 is 20.0 Å². The Labute approximate surface area is 239 Å². The monoisotopic (exact) mass is 609 g/mol. The zero-order valence-corrected chi connectivity index (χ0v) is 24.6. The van der Waals surface area contributed by atoms with Crippen LogP contribution in [0.5, 0.6) is 0 Å². The second-order valence-electron chi connectivity index (χ2n) is 9.62. The van der Waals surface area contributed by atoms with Crippen LogP contribution in [0, 0.1) is 19.8 Å². The highest BCUT2D eigenvalue weighted by Crippen LogP contribution is 2.27. The summed E-state index contributed by atoms with van der Waals surface area (Å²) in [7, 11) is -7.38. The standard InChI is InChI=1S/C27H29Cl2N3O5S2/c1-18-3-10-26(19(2)15-18)31-39(36,37)23-7-5-22(6-8-23)30-27(33)21-11-13-32(14-12-21)38(34,35)17-20-4-9-24(28)25(29)16-20/h3-10,15-16,21,31H,11-14,17H2,1-2H3,(H,30,33). The molecule has 4 rings (SSSR count). The molecule has 1 aliphatic heterocycles. The minimum absolute atomic E-state index is 0.0703. The van der Waals surface area contributed by atoms with Crippen LogP contribution < -0.4 is 10.0 Å². The van der Waals surface area contributed by atoms with Crippen molar-refractivity contribution in [3.8, 4) is 0 Å². The van der Waals surface area contributed by atoms with Crippen LogP contribution in [0.3, 0.4) is 0 Å². The molecule has 1 aliphatic rings. The van der Waals surface area contributed by atoms with Crippen molar-refractivity contribution in [2.45, 2.75) is 37.3 Å². The Morgan fingerprint density at radius 1 is 0.897 bits per heavy atom. The molecule has 0 spiro atoms. The molecule has 0 unspecified atom stereocenters. The van der Waals surface area contributed by atoms with Crippen molar-refractivity contribution in [2.24, 2.45) is 5.92 Å². The molecule has 3 aromatic carbocycles. The van der Waals surface area contributed by atoms with Gasteiger partial charge in [0.15, 0.2) is 0 Å². The largest absolute Gasteiger partial charge is 0.326 e. The summed E-state index contributed by atoms with van der Waals surface area (Å²) < 4.78 is 55.4. The molecule has 0 saturated carbocycles. The number of carbonyl (C=O) groups is 1. The number of piperidine rings is 1. The van der Waals surface area contributed by atoms with Gasteiger partial charge in [-0.15, -0.1) is 0 Å². The summed E-state index contributed by atoms with van der Waals surface area (Å²) in [5.41, 5.74) is 3.35. The highest BCUT2D eigenvalue weighted by molar-refractivity contribution is 7.92. The zero-order valence-electron chi connectivity index (χ0n) is 21.4. The fourth-order valence-electron chi connectivity index (χ4n) is 4.42. The van der Waals surface area contributed by atoms with Gasteiger partial charge in [-0.3, -0.25) is 9.52 Å². The van der Waals surface area contributed by atoms with Crippen molar-refractivity contribution in [3.63, 3.8) is 0 Å². The van der Waals surface area contributed by atoms with E-state index in [0.29, 0.717) is 39.8 Å². The molecule has 0 radical (unpaired) electrons. The summed E-state index contributed by atoms with van der Waals surface area (Å²) in [6.45, 7) is 4.22. The van der Waals surface area contributed by atoms with Crippen molar-refractivity contribution in [3.05, 3.63) is 87.4 Å². The van der Waals surface area contributed by atoms with E-state index in [1.807, 2.05) is 26.0 Å². The fraction of sp³-hybridized carbons (Fsp3) is 0.296. The first-order valence-corrected chi connectivity index (χ1v) is 16.1. The predicted octanol–water partition coefficient (Wildman–Crippen LogP) is 5.59. The normalized spacial score (nSPS) is 15.2. The molecule has 0 bridgehead atoms. The van der Waals surface area contributed by atoms with Crippen LogP contribution >= 0.6 is 23.2 Å². The van der Waals surface area contributed by atoms with Crippen LogP contribution in [0.25, 0.3) is 0 Å². The van der Waals surface area contributed by atoms with Gasteiger partial charge < -0.3 is 5.32 Å². The lowest BCUT2D eigenvalue weighted by molar-refractivity contribution is -0.120. The van der Waals surface area contributed by atoms with E-state index >= 15 is 0 Å². The first-order valence-electron chi connectivity index (χ1n) is 12.3. The third kappa shape index (κ3) is 7.32. The maximum atomic E-state index is 12.9. The number of anilines is 2. The molecule has 1 amide bonds. The number of sulfonamides is 2. The molecule has 2 N–H and O–H groups in total. The van der Waals surface area contributed by atoms with Gasteiger partial charge >= 0.3 is 0 Å². The molecule has 1 fully saturated rings. The van der Waals surface area contributed by atoms with Crippen molar-refractivity contribution in [2.75, 3.05) is 23.1 Å². The molecule has 1 heterocycles. The average Bonchev–Trinajstić information content (AvgIpc) is 2.88. The molecular weight excluding hydrogens is 581 g/mol. The second-order valence-corrected chi connectivity index (χ2v) is 14.1. The van der Waals surface area contributed by atoms with Gasteiger partial charge in [-0.25, -0.2) is 21.1 Å². The maximum Gasteiger partial charge on any atom is 0.261 e. The number of carbonyl (C=O) groups excluding carboxylic acids is 1. The summed E-state index contributed by atoms with van der Waals surface area (Å²) in [6, 6.07) is 16.1. The molecule has 3 aromatic rings. The van der Waals surface area contributed by atoms with Crippen molar-refractivity contribution < 1.29 is 21.6 Å². The minimum Gasteiger partial charge on any atom is -0.326 e. The number of amides is 1. The predicted molar refractivity (Wildman–Crippen MR) is 155 cm³/mol. The fourth-order valence-corrected chi connectivity index (χ4v) is 7.42. The second kappa shape index (κ2) is 11.9. The first-order chi connectivity index (χ1) is 18.3. The third-order valence-electron chi connectivity index (χ3n) is 6.61. The van der Waals surface area contributed by atoms with Gasteiger partial charge in [0, 0.05) is 24.7 Å². The van der Waals surface area contributed by atoms with E-state index in [4.69, 9.17) is 23.2 Å². The van der Waals surface area contributed by atoms with E-state index in [-0.39, 0.29) is 35.6 Å². The molecule has 0 aromatic heterocycles. The van der Waals surface area contributed by atoms with Crippen molar-refractivity contribution in [1.29, 1.82) is 0 Å². The Morgan fingerprint density at radius 2 is 1.56 bits per heavy atom. The van der Waals surface area contributed by atoms with Gasteiger partial charge in [-0.05, 0) is 80.3 Å². The quantitative estimate of drug-likeness (QED) is 0.345. The first kappa shape index (κ1) is 29.4. The van der Waals surface area contributed by atoms with E-state index in [1.165, 1.54) is 34.6 Å². The van der Waals surface area contributed by atoms with Crippen LogP contribution in [-0.4, -0.2) is 40.1 Å². The van der Waals surface area contributed by atoms with Crippen LogP contribution in [0.15, 0.2) is 65.6 Å². The molecule has 12 heteroatoms. The van der Waals surface area contributed by atoms with Crippen molar-refractivity contribution >= 4 is 60.5 Å². The lowest BCUT2D eigenvalue weighted by atomic mass is 9.97. The number of rotatable bonds is 8. The van der Waals surface area contributed by atoms with E-state index in [0.717, 1.165) is 11.1 Å². The average molecular weight is 611 g/mol. The molecule has 8 nitrogen and oxygen atoms in total. The van der Waals surface area contributed by atoms with E-state index in [9.17, 15) is 21.6 Å². The Balaban J connectivity index is 1.32. The SMILES string of the molecule is Cc1ccc(NS(=O)(=O)c2ccc(NC(=O)C3CCN(S(=O)(=O)Cc4ccc(Cl)c(Cl)c4)CC3)cc2)c(C)c1. The molecule has 1 saturated heterocycles. The Morgan fingerprint density at radius 3 is 2.18 bits per heavy atom. The Kier molecular flexibility index (Phi) is 8.92. The molecular formula is C27H29Cl2N3O5S2. The molecule has 0 atom stereocenters. The minimum atomic E-state index is -3.80. The number of halogens is 2. The van der Waals surface area contributed by atoms with Gasteiger partial charge in [0.25, 0.3) is 10.0 Å². The topological polar surface area (TPSA) is 113 Å².